The molecule has 3 heterocycles. The number of nitrogens with zero attached hydrogens (tertiary/aromatic N) is 4. The molecule has 3 aromatic rings. The van der Waals surface area contributed by atoms with E-state index in [9.17, 15) is 0 Å². The van der Waals surface area contributed by atoms with Crippen LogP contribution < -0.4 is 4.90 Å². The van der Waals surface area contributed by atoms with E-state index in [0.29, 0.717) is 17.2 Å². The second-order valence-electron chi connectivity index (χ2n) is 5.38. The minimum atomic E-state index is 0.537. The second kappa shape index (κ2) is 6.49. The first-order valence-corrected chi connectivity index (χ1v) is 8.02. The molecular formula is C17H14N4O2S. The summed E-state index contributed by atoms with van der Waals surface area (Å²) < 4.78 is 11.2. The molecule has 0 atom stereocenters. The maximum Gasteiger partial charge on any atom is 0.228 e. The number of hydrogen-bond acceptors (Lipinski definition) is 7. The zero-order valence-corrected chi connectivity index (χ0v) is 13.6. The Morgan fingerprint density at radius 1 is 1.17 bits per heavy atom. The van der Waals surface area contributed by atoms with Crippen LogP contribution in [0.4, 0.5) is 11.5 Å². The molecule has 0 N–H and O–H groups in total. The number of rotatable bonds is 3. The fourth-order valence-corrected chi connectivity index (χ4v) is 2.76. The largest absolute Gasteiger partial charge is 0.436 e. The summed E-state index contributed by atoms with van der Waals surface area (Å²) in [6, 6.07) is 9.41. The average molecular weight is 338 g/mol. The Morgan fingerprint density at radius 3 is 2.79 bits per heavy atom. The standard InChI is InChI=1S/C17H14N4O2S/c24-11-19-13-2-3-15-14(9-13)20-17(23-15)12-1-4-16(18-10-12)21-5-7-22-8-6-21/h1-4,9-10H,5-8H2. The summed E-state index contributed by atoms with van der Waals surface area (Å²) in [7, 11) is 0. The van der Waals surface area contributed by atoms with Gasteiger partial charge in [0.25, 0.3) is 0 Å². The third-order valence-corrected chi connectivity index (χ3v) is 3.97. The van der Waals surface area contributed by atoms with Gasteiger partial charge in [-0.1, -0.05) is 0 Å². The zero-order valence-electron chi connectivity index (χ0n) is 12.8. The molecule has 120 valence electrons. The maximum absolute atomic E-state index is 5.80. The first-order chi connectivity index (χ1) is 11.8. The van der Waals surface area contributed by atoms with Gasteiger partial charge in [-0.3, -0.25) is 0 Å². The lowest BCUT2D eigenvalue weighted by Gasteiger charge is -2.27. The molecule has 1 aromatic carbocycles. The predicted molar refractivity (Wildman–Crippen MR) is 95.0 cm³/mol. The molecule has 2 aromatic heterocycles. The van der Waals surface area contributed by atoms with Crippen molar-refractivity contribution in [2.24, 2.45) is 4.99 Å². The average Bonchev–Trinajstić information content (AvgIpc) is 3.06. The number of thiocarbonyl (C=S) groups is 1. The van der Waals surface area contributed by atoms with E-state index in [0.717, 1.165) is 43.2 Å². The molecule has 1 fully saturated rings. The molecule has 6 nitrogen and oxygen atoms in total. The van der Waals surface area contributed by atoms with Crippen molar-refractivity contribution in [3.8, 4) is 11.5 Å². The van der Waals surface area contributed by atoms with Crippen molar-refractivity contribution >= 4 is 40.0 Å². The molecule has 0 amide bonds. The number of fused-ring (bicyclic) bond motifs is 1. The molecule has 0 unspecified atom stereocenters. The highest BCUT2D eigenvalue weighted by molar-refractivity contribution is 7.78. The van der Waals surface area contributed by atoms with Gasteiger partial charge < -0.3 is 14.1 Å². The molecule has 0 aliphatic carbocycles. The van der Waals surface area contributed by atoms with Gasteiger partial charge in [-0.2, -0.15) is 4.99 Å². The third kappa shape index (κ3) is 2.92. The smallest absolute Gasteiger partial charge is 0.228 e. The van der Waals surface area contributed by atoms with E-state index >= 15 is 0 Å². The minimum Gasteiger partial charge on any atom is -0.436 e. The third-order valence-electron chi connectivity index (χ3n) is 3.88. The maximum atomic E-state index is 5.80. The molecule has 1 aliphatic rings. The number of pyridine rings is 1. The van der Waals surface area contributed by atoms with E-state index in [4.69, 9.17) is 9.15 Å². The summed E-state index contributed by atoms with van der Waals surface area (Å²) >= 11 is 4.62. The van der Waals surface area contributed by atoms with Crippen LogP contribution in [0.3, 0.4) is 0 Å². The van der Waals surface area contributed by atoms with Gasteiger partial charge in [0.2, 0.25) is 5.89 Å². The van der Waals surface area contributed by atoms with Crippen LogP contribution in [-0.4, -0.2) is 41.4 Å². The monoisotopic (exact) mass is 338 g/mol. The number of anilines is 1. The Bertz CT molecular complexity index is 910. The number of hydrogen-bond donors (Lipinski definition) is 0. The SMILES string of the molecule is S=C=Nc1ccc2oc(-c3ccc(N4CCOCC4)nc3)nc2c1. The molecule has 7 heteroatoms. The summed E-state index contributed by atoms with van der Waals surface area (Å²) in [5.74, 6) is 1.48. The summed E-state index contributed by atoms with van der Waals surface area (Å²) in [4.78, 5) is 15.2. The van der Waals surface area contributed by atoms with Gasteiger partial charge in [0.1, 0.15) is 11.3 Å². The highest BCUT2D eigenvalue weighted by atomic mass is 32.1. The first-order valence-electron chi connectivity index (χ1n) is 7.61. The topological polar surface area (TPSA) is 63.8 Å². The zero-order chi connectivity index (χ0) is 16.4. The molecule has 0 bridgehead atoms. The van der Waals surface area contributed by atoms with Crippen molar-refractivity contribution in [3.63, 3.8) is 0 Å². The lowest BCUT2D eigenvalue weighted by molar-refractivity contribution is 0.122. The van der Waals surface area contributed by atoms with Gasteiger partial charge in [-0.05, 0) is 42.5 Å². The summed E-state index contributed by atoms with van der Waals surface area (Å²) in [5.41, 5.74) is 2.97. The van der Waals surface area contributed by atoms with E-state index in [1.54, 1.807) is 6.20 Å². The Balaban J connectivity index is 1.63. The molecule has 24 heavy (non-hydrogen) atoms. The van der Waals surface area contributed by atoms with Crippen LogP contribution in [0.2, 0.25) is 0 Å². The first kappa shape index (κ1) is 15.0. The highest BCUT2D eigenvalue weighted by Crippen LogP contribution is 2.27. The van der Waals surface area contributed by atoms with Crippen LogP contribution in [0, 0.1) is 0 Å². The Hall–Kier alpha value is -2.60. The lowest BCUT2D eigenvalue weighted by atomic mass is 10.2. The van der Waals surface area contributed by atoms with Gasteiger partial charge in [0.05, 0.1) is 29.6 Å². The number of aliphatic imine (C=N–C) groups is 1. The number of isothiocyanates is 1. The van der Waals surface area contributed by atoms with Gasteiger partial charge in [0, 0.05) is 19.3 Å². The van der Waals surface area contributed by atoms with Gasteiger partial charge >= 0.3 is 0 Å². The number of oxazole rings is 1. The predicted octanol–water partition coefficient (Wildman–Crippen LogP) is 3.46. The van der Waals surface area contributed by atoms with Crippen molar-refractivity contribution in [1.29, 1.82) is 0 Å². The number of ether oxygens (including phenoxy) is 1. The number of benzene rings is 1. The van der Waals surface area contributed by atoms with E-state index in [1.807, 2.05) is 30.3 Å². The van der Waals surface area contributed by atoms with Crippen LogP contribution in [0.5, 0.6) is 0 Å². The van der Waals surface area contributed by atoms with Crippen molar-refractivity contribution < 1.29 is 9.15 Å². The van der Waals surface area contributed by atoms with Crippen molar-refractivity contribution in [2.75, 3.05) is 31.2 Å². The molecular weight excluding hydrogens is 324 g/mol. The molecule has 4 rings (SSSR count). The fraction of sp³-hybridized carbons (Fsp3) is 0.235. The molecule has 1 saturated heterocycles. The normalized spacial score (nSPS) is 14.6. The Kier molecular flexibility index (Phi) is 4.04. The molecule has 0 saturated carbocycles. The van der Waals surface area contributed by atoms with Crippen LogP contribution in [0.25, 0.3) is 22.6 Å². The summed E-state index contributed by atoms with van der Waals surface area (Å²) in [6.45, 7) is 3.19. The quantitative estimate of drug-likeness (QED) is 0.538. The Labute approximate surface area is 143 Å². The fourth-order valence-electron chi connectivity index (χ4n) is 2.65. The molecule has 0 radical (unpaired) electrons. The minimum absolute atomic E-state index is 0.537. The van der Waals surface area contributed by atoms with Crippen molar-refractivity contribution in [1.82, 2.24) is 9.97 Å². The van der Waals surface area contributed by atoms with Gasteiger partial charge in [0.15, 0.2) is 5.58 Å². The summed E-state index contributed by atoms with van der Waals surface area (Å²) in [5, 5.41) is 2.35. The summed E-state index contributed by atoms with van der Waals surface area (Å²) in [6.07, 6.45) is 1.78. The number of aromatic nitrogens is 2. The second-order valence-corrected chi connectivity index (χ2v) is 5.56. The molecule has 1 aliphatic heterocycles. The molecule has 0 spiro atoms. The van der Waals surface area contributed by atoms with E-state index in [-0.39, 0.29) is 0 Å². The lowest BCUT2D eigenvalue weighted by Crippen LogP contribution is -2.36. The van der Waals surface area contributed by atoms with Crippen LogP contribution in [-0.2, 0) is 4.74 Å². The van der Waals surface area contributed by atoms with Gasteiger partial charge in [-0.15, -0.1) is 0 Å². The van der Waals surface area contributed by atoms with Crippen LogP contribution in [0.15, 0.2) is 45.9 Å². The van der Waals surface area contributed by atoms with Crippen molar-refractivity contribution in [3.05, 3.63) is 36.5 Å². The highest BCUT2D eigenvalue weighted by Gasteiger charge is 2.14. The van der Waals surface area contributed by atoms with Crippen molar-refractivity contribution in [2.45, 2.75) is 0 Å². The van der Waals surface area contributed by atoms with E-state index in [1.165, 1.54) is 0 Å². The van der Waals surface area contributed by atoms with E-state index in [2.05, 4.69) is 37.2 Å². The van der Waals surface area contributed by atoms with Crippen LogP contribution >= 0.6 is 12.2 Å². The van der Waals surface area contributed by atoms with Gasteiger partial charge in [-0.25, -0.2) is 9.97 Å². The number of morpholine rings is 1. The van der Waals surface area contributed by atoms with Crippen LogP contribution in [0.1, 0.15) is 0 Å². The van der Waals surface area contributed by atoms with E-state index < -0.39 is 0 Å². The Morgan fingerprint density at radius 2 is 2.04 bits per heavy atom.